The fourth-order valence-corrected chi connectivity index (χ4v) is 2.63. The van der Waals surface area contributed by atoms with Crippen molar-refractivity contribution in [3.63, 3.8) is 0 Å². The Bertz CT molecular complexity index is 441. The standard InChI is InChI=1S/C14H18N2O2/c17-14-12-5-1-2-6-13(12)18-11(9-15-14)10-16-7-3-4-8-16/h1-2,5-6,11H,3-4,7-10H2,(H,15,17). The lowest BCUT2D eigenvalue weighted by Crippen LogP contribution is -2.40. The number of ether oxygens (including phenoxy) is 1. The zero-order valence-electron chi connectivity index (χ0n) is 10.4. The van der Waals surface area contributed by atoms with E-state index in [1.807, 2.05) is 24.3 Å². The average molecular weight is 246 g/mol. The summed E-state index contributed by atoms with van der Waals surface area (Å²) in [6.45, 7) is 3.78. The van der Waals surface area contributed by atoms with Crippen molar-refractivity contribution >= 4 is 5.91 Å². The SMILES string of the molecule is O=C1NCC(CN2CCCC2)Oc2ccccc21. The maximum Gasteiger partial charge on any atom is 0.255 e. The maximum absolute atomic E-state index is 11.9. The normalized spacial score (nSPS) is 24.0. The van der Waals surface area contributed by atoms with Gasteiger partial charge in [-0.25, -0.2) is 0 Å². The lowest BCUT2D eigenvalue weighted by molar-refractivity contribution is 0.0944. The molecular weight excluding hydrogens is 228 g/mol. The summed E-state index contributed by atoms with van der Waals surface area (Å²) < 4.78 is 5.96. The highest BCUT2D eigenvalue weighted by molar-refractivity contribution is 5.97. The first-order chi connectivity index (χ1) is 8.83. The van der Waals surface area contributed by atoms with E-state index in [1.165, 1.54) is 12.8 Å². The molecule has 18 heavy (non-hydrogen) atoms. The topological polar surface area (TPSA) is 41.6 Å². The van der Waals surface area contributed by atoms with Gasteiger partial charge in [0.05, 0.1) is 12.1 Å². The van der Waals surface area contributed by atoms with Crippen molar-refractivity contribution in [3.8, 4) is 5.75 Å². The number of para-hydroxylation sites is 1. The van der Waals surface area contributed by atoms with Crippen LogP contribution in [0.2, 0.25) is 0 Å². The van der Waals surface area contributed by atoms with Crippen molar-refractivity contribution in [3.05, 3.63) is 29.8 Å². The minimum atomic E-state index is -0.0329. The molecular formula is C14H18N2O2. The Labute approximate surface area is 107 Å². The van der Waals surface area contributed by atoms with Gasteiger partial charge in [-0.1, -0.05) is 12.1 Å². The number of nitrogens with one attached hydrogen (secondary N) is 1. The van der Waals surface area contributed by atoms with Crippen LogP contribution >= 0.6 is 0 Å². The first kappa shape index (κ1) is 11.5. The van der Waals surface area contributed by atoms with Crippen molar-refractivity contribution in [2.45, 2.75) is 18.9 Å². The number of benzene rings is 1. The van der Waals surface area contributed by atoms with Crippen LogP contribution in [0.25, 0.3) is 0 Å². The van der Waals surface area contributed by atoms with Gasteiger partial charge in [-0.2, -0.15) is 0 Å². The fraction of sp³-hybridized carbons (Fsp3) is 0.500. The number of hydrogen-bond donors (Lipinski definition) is 1. The summed E-state index contributed by atoms with van der Waals surface area (Å²) in [4.78, 5) is 14.3. The van der Waals surface area contributed by atoms with Crippen molar-refractivity contribution in [2.75, 3.05) is 26.2 Å². The van der Waals surface area contributed by atoms with E-state index in [9.17, 15) is 4.79 Å². The third-order valence-corrected chi connectivity index (χ3v) is 3.58. The Morgan fingerprint density at radius 3 is 2.89 bits per heavy atom. The molecule has 2 aliphatic heterocycles. The number of hydrogen-bond acceptors (Lipinski definition) is 3. The van der Waals surface area contributed by atoms with E-state index in [1.54, 1.807) is 0 Å². The van der Waals surface area contributed by atoms with Crippen molar-refractivity contribution in [2.24, 2.45) is 0 Å². The molecule has 0 aromatic heterocycles. The van der Waals surface area contributed by atoms with Crippen LogP contribution in [0.3, 0.4) is 0 Å². The van der Waals surface area contributed by atoms with E-state index in [0.717, 1.165) is 19.6 Å². The highest BCUT2D eigenvalue weighted by atomic mass is 16.5. The lowest BCUT2D eigenvalue weighted by Gasteiger charge is -2.22. The summed E-state index contributed by atoms with van der Waals surface area (Å²) in [6.07, 6.45) is 2.60. The third kappa shape index (κ3) is 2.34. The lowest BCUT2D eigenvalue weighted by atomic mass is 10.2. The predicted octanol–water partition coefficient (Wildman–Crippen LogP) is 1.27. The summed E-state index contributed by atoms with van der Waals surface area (Å²) in [6, 6.07) is 7.45. The van der Waals surface area contributed by atoms with Gasteiger partial charge in [0.1, 0.15) is 11.9 Å². The number of carbonyl (C=O) groups excluding carboxylic acids is 1. The molecule has 4 nitrogen and oxygen atoms in total. The first-order valence-electron chi connectivity index (χ1n) is 6.59. The molecule has 4 heteroatoms. The number of rotatable bonds is 2. The molecule has 1 unspecified atom stereocenters. The van der Waals surface area contributed by atoms with Crippen LogP contribution in [-0.2, 0) is 0 Å². The van der Waals surface area contributed by atoms with Gasteiger partial charge in [0.2, 0.25) is 0 Å². The van der Waals surface area contributed by atoms with Crippen LogP contribution in [0.5, 0.6) is 5.75 Å². The summed E-state index contributed by atoms with van der Waals surface area (Å²) in [5, 5.41) is 2.93. The first-order valence-corrected chi connectivity index (χ1v) is 6.59. The molecule has 1 saturated heterocycles. The van der Waals surface area contributed by atoms with Crippen molar-refractivity contribution in [1.29, 1.82) is 0 Å². The van der Waals surface area contributed by atoms with Crippen LogP contribution in [0.4, 0.5) is 0 Å². The van der Waals surface area contributed by atoms with Gasteiger partial charge < -0.3 is 10.1 Å². The highest BCUT2D eigenvalue weighted by Crippen LogP contribution is 2.22. The number of fused-ring (bicyclic) bond motifs is 1. The highest BCUT2D eigenvalue weighted by Gasteiger charge is 2.24. The zero-order chi connectivity index (χ0) is 12.4. The molecule has 0 aliphatic carbocycles. The maximum atomic E-state index is 11.9. The Balaban J connectivity index is 1.74. The largest absolute Gasteiger partial charge is 0.486 e. The van der Waals surface area contributed by atoms with Crippen LogP contribution in [0.1, 0.15) is 23.2 Å². The Kier molecular flexibility index (Phi) is 3.19. The number of carbonyl (C=O) groups is 1. The molecule has 2 heterocycles. The van der Waals surface area contributed by atoms with E-state index in [2.05, 4.69) is 10.2 Å². The second-order valence-electron chi connectivity index (χ2n) is 4.95. The Morgan fingerprint density at radius 2 is 2.06 bits per heavy atom. The van der Waals surface area contributed by atoms with Crippen LogP contribution in [-0.4, -0.2) is 43.1 Å². The second kappa shape index (κ2) is 4.98. The van der Waals surface area contributed by atoms with Crippen LogP contribution in [0.15, 0.2) is 24.3 Å². The molecule has 1 aromatic carbocycles. The van der Waals surface area contributed by atoms with Crippen LogP contribution in [0, 0.1) is 0 Å². The molecule has 1 aromatic rings. The van der Waals surface area contributed by atoms with Gasteiger partial charge in [0.15, 0.2) is 0 Å². The van der Waals surface area contributed by atoms with E-state index in [-0.39, 0.29) is 12.0 Å². The summed E-state index contributed by atoms with van der Waals surface area (Å²) in [5.74, 6) is 0.672. The number of amides is 1. The summed E-state index contributed by atoms with van der Waals surface area (Å²) >= 11 is 0. The minimum absolute atomic E-state index is 0.0329. The molecule has 96 valence electrons. The molecule has 1 atom stereocenters. The van der Waals surface area contributed by atoms with Gasteiger partial charge in [-0.05, 0) is 38.1 Å². The number of nitrogens with zero attached hydrogens (tertiary/aromatic N) is 1. The minimum Gasteiger partial charge on any atom is -0.486 e. The van der Waals surface area contributed by atoms with Gasteiger partial charge in [0.25, 0.3) is 5.91 Å². The molecule has 0 bridgehead atoms. The molecule has 0 spiro atoms. The molecule has 1 N–H and O–H groups in total. The predicted molar refractivity (Wildman–Crippen MR) is 68.9 cm³/mol. The molecule has 1 fully saturated rings. The monoisotopic (exact) mass is 246 g/mol. The Hall–Kier alpha value is -1.55. The smallest absolute Gasteiger partial charge is 0.255 e. The molecule has 1 amide bonds. The van der Waals surface area contributed by atoms with Gasteiger partial charge in [-0.15, -0.1) is 0 Å². The third-order valence-electron chi connectivity index (χ3n) is 3.58. The summed E-state index contributed by atoms with van der Waals surface area (Å²) in [5.41, 5.74) is 0.640. The van der Waals surface area contributed by atoms with E-state index in [4.69, 9.17) is 4.74 Å². The quantitative estimate of drug-likeness (QED) is 0.854. The molecule has 0 radical (unpaired) electrons. The summed E-state index contributed by atoms with van der Waals surface area (Å²) in [7, 11) is 0. The van der Waals surface area contributed by atoms with Crippen molar-refractivity contribution in [1.82, 2.24) is 10.2 Å². The molecule has 0 saturated carbocycles. The molecule has 3 rings (SSSR count). The van der Waals surface area contributed by atoms with Gasteiger partial charge in [-0.3, -0.25) is 9.69 Å². The molecule has 2 aliphatic rings. The Morgan fingerprint density at radius 1 is 1.28 bits per heavy atom. The second-order valence-corrected chi connectivity index (χ2v) is 4.95. The van der Waals surface area contributed by atoms with Gasteiger partial charge >= 0.3 is 0 Å². The fourth-order valence-electron chi connectivity index (χ4n) is 2.63. The average Bonchev–Trinajstić information content (AvgIpc) is 2.83. The van der Waals surface area contributed by atoms with E-state index < -0.39 is 0 Å². The van der Waals surface area contributed by atoms with E-state index in [0.29, 0.717) is 17.9 Å². The van der Waals surface area contributed by atoms with E-state index >= 15 is 0 Å². The number of likely N-dealkylation sites (tertiary alicyclic amines) is 1. The zero-order valence-corrected chi connectivity index (χ0v) is 10.4. The van der Waals surface area contributed by atoms with Gasteiger partial charge in [0, 0.05) is 6.54 Å². The van der Waals surface area contributed by atoms with Crippen molar-refractivity contribution < 1.29 is 9.53 Å². The van der Waals surface area contributed by atoms with Crippen LogP contribution < -0.4 is 10.1 Å².